The zero-order chi connectivity index (χ0) is 14.4. The standard InChI is InChI=1S/C12H15F2N3O2/c1-3-5-16-11(18)7(2)17-12(19)8-4-6-15-10(14)9(8)13/h4,6-7H,3,5H2,1-2H3,(H,16,18)(H,17,19). The van der Waals surface area contributed by atoms with E-state index in [0.29, 0.717) is 6.54 Å². The number of rotatable bonds is 5. The highest BCUT2D eigenvalue weighted by Crippen LogP contribution is 2.08. The van der Waals surface area contributed by atoms with E-state index in [1.165, 1.54) is 6.92 Å². The Balaban J connectivity index is 2.69. The van der Waals surface area contributed by atoms with Gasteiger partial charge in [0.05, 0.1) is 5.56 Å². The summed E-state index contributed by atoms with van der Waals surface area (Å²) in [4.78, 5) is 26.3. The van der Waals surface area contributed by atoms with Crippen molar-refractivity contribution in [3.8, 4) is 0 Å². The molecule has 19 heavy (non-hydrogen) atoms. The van der Waals surface area contributed by atoms with Crippen molar-refractivity contribution in [2.45, 2.75) is 26.3 Å². The maximum atomic E-state index is 13.3. The monoisotopic (exact) mass is 271 g/mol. The third-order valence-electron chi connectivity index (χ3n) is 2.38. The second-order valence-corrected chi connectivity index (χ2v) is 3.95. The molecule has 104 valence electrons. The van der Waals surface area contributed by atoms with Crippen LogP contribution in [0.3, 0.4) is 0 Å². The fourth-order valence-corrected chi connectivity index (χ4v) is 1.33. The first-order chi connectivity index (χ1) is 8.97. The van der Waals surface area contributed by atoms with E-state index < -0.39 is 29.3 Å². The minimum atomic E-state index is -1.35. The Hall–Kier alpha value is -2.05. The van der Waals surface area contributed by atoms with Gasteiger partial charge < -0.3 is 10.6 Å². The predicted molar refractivity (Wildman–Crippen MR) is 64.4 cm³/mol. The van der Waals surface area contributed by atoms with Gasteiger partial charge in [-0.2, -0.15) is 4.39 Å². The number of carbonyl (C=O) groups is 2. The average Bonchev–Trinajstić information content (AvgIpc) is 2.38. The number of halogens is 2. The van der Waals surface area contributed by atoms with Crippen molar-refractivity contribution in [2.24, 2.45) is 0 Å². The first kappa shape index (κ1) is 15.0. The number of aromatic nitrogens is 1. The van der Waals surface area contributed by atoms with Crippen molar-refractivity contribution in [3.05, 3.63) is 29.6 Å². The number of carbonyl (C=O) groups excluding carboxylic acids is 2. The van der Waals surface area contributed by atoms with E-state index in [9.17, 15) is 18.4 Å². The van der Waals surface area contributed by atoms with Gasteiger partial charge in [-0.15, -0.1) is 0 Å². The van der Waals surface area contributed by atoms with Gasteiger partial charge >= 0.3 is 0 Å². The summed E-state index contributed by atoms with van der Waals surface area (Å²) in [7, 11) is 0. The van der Waals surface area contributed by atoms with E-state index in [1.807, 2.05) is 6.92 Å². The summed E-state index contributed by atoms with van der Waals surface area (Å²) >= 11 is 0. The van der Waals surface area contributed by atoms with Crippen molar-refractivity contribution in [1.82, 2.24) is 15.6 Å². The molecule has 0 saturated heterocycles. The molecule has 0 radical (unpaired) electrons. The van der Waals surface area contributed by atoms with Crippen molar-refractivity contribution in [1.29, 1.82) is 0 Å². The SMILES string of the molecule is CCCNC(=O)C(C)NC(=O)c1ccnc(F)c1F. The van der Waals surface area contributed by atoms with E-state index in [0.717, 1.165) is 18.7 Å². The number of pyridine rings is 1. The smallest absolute Gasteiger partial charge is 0.255 e. The molecule has 0 fully saturated rings. The van der Waals surface area contributed by atoms with Gasteiger partial charge in [0, 0.05) is 12.7 Å². The van der Waals surface area contributed by atoms with Crippen LogP contribution in [0.1, 0.15) is 30.6 Å². The summed E-state index contributed by atoms with van der Waals surface area (Å²) < 4.78 is 26.2. The van der Waals surface area contributed by atoms with Crippen molar-refractivity contribution < 1.29 is 18.4 Å². The normalized spacial score (nSPS) is 11.8. The van der Waals surface area contributed by atoms with Gasteiger partial charge in [0.15, 0.2) is 5.82 Å². The fourth-order valence-electron chi connectivity index (χ4n) is 1.33. The summed E-state index contributed by atoms with van der Waals surface area (Å²) in [6.45, 7) is 3.83. The quantitative estimate of drug-likeness (QED) is 0.785. The van der Waals surface area contributed by atoms with Crippen LogP contribution in [-0.4, -0.2) is 29.4 Å². The lowest BCUT2D eigenvalue weighted by Gasteiger charge is -2.14. The van der Waals surface area contributed by atoms with Crippen LogP contribution in [0.25, 0.3) is 0 Å². The van der Waals surface area contributed by atoms with Gasteiger partial charge in [-0.25, -0.2) is 9.37 Å². The van der Waals surface area contributed by atoms with E-state index in [4.69, 9.17) is 0 Å². The molecular formula is C12H15F2N3O2. The lowest BCUT2D eigenvalue weighted by Crippen LogP contribution is -2.45. The molecule has 1 atom stereocenters. The first-order valence-electron chi connectivity index (χ1n) is 5.86. The number of hydrogen-bond acceptors (Lipinski definition) is 3. The number of nitrogens with one attached hydrogen (secondary N) is 2. The third-order valence-corrected chi connectivity index (χ3v) is 2.38. The molecule has 0 bridgehead atoms. The van der Waals surface area contributed by atoms with Crippen LogP contribution >= 0.6 is 0 Å². The zero-order valence-electron chi connectivity index (χ0n) is 10.7. The van der Waals surface area contributed by atoms with Crippen LogP contribution in [0.4, 0.5) is 8.78 Å². The molecule has 5 nitrogen and oxygen atoms in total. The molecule has 0 saturated carbocycles. The molecular weight excluding hydrogens is 256 g/mol. The Morgan fingerprint density at radius 3 is 2.74 bits per heavy atom. The minimum absolute atomic E-state index is 0.384. The highest BCUT2D eigenvalue weighted by atomic mass is 19.2. The van der Waals surface area contributed by atoms with Crippen LogP contribution in [0.5, 0.6) is 0 Å². The van der Waals surface area contributed by atoms with Crippen molar-refractivity contribution in [3.63, 3.8) is 0 Å². The summed E-state index contributed by atoms with van der Waals surface area (Å²) in [6, 6.07) is 0.208. The number of nitrogens with zero attached hydrogens (tertiary/aromatic N) is 1. The molecule has 1 unspecified atom stereocenters. The summed E-state index contributed by atoms with van der Waals surface area (Å²) in [5, 5.41) is 4.87. The molecule has 0 aromatic carbocycles. The van der Waals surface area contributed by atoms with E-state index in [1.54, 1.807) is 0 Å². The second-order valence-electron chi connectivity index (χ2n) is 3.95. The molecule has 7 heteroatoms. The summed E-state index contributed by atoms with van der Waals surface area (Å²) in [6.07, 6.45) is 1.74. The topological polar surface area (TPSA) is 71.1 Å². The van der Waals surface area contributed by atoms with Crippen LogP contribution in [0.15, 0.2) is 12.3 Å². The van der Waals surface area contributed by atoms with Gasteiger partial charge in [0.2, 0.25) is 11.9 Å². The molecule has 1 rings (SSSR count). The lowest BCUT2D eigenvalue weighted by atomic mass is 10.2. The molecule has 0 aliphatic carbocycles. The van der Waals surface area contributed by atoms with Gasteiger partial charge in [0.25, 0.3) is 5.91 Å². The van der Waals surface area contributed by atoms with E-state index in [-0.39, 0.29) is 5.91 Å². The predicted octanol–water partition coefficient (Wildman–Crippen LogP) is 1.00. The third kappa shape index (κ3) is 3.97. The number of hydrogen-bond donors (Lipinski definition) is 2. The fraction of sp³-hybridized carbons (Fsp3) is 0.417. The average molecular weight is 271 g/mol. The first-order valence-corrected chi connectivity index (χ1v) is 5.86. The highest BCUT2D eigenvalue weighted by Gasteiger charge is 2.20. The Morgan fingerprint density at radius 1 is 1.42 bits per heavy atom. The molecule has 0 aliphatic heterocycles. The second kappa shape index (κ2) is 6.77. The highest BCUT2D eigenvalue weighted by molar-refractivity contribution is 5.97. The zero-order valence-corrected chi connectivity index (χ0v) is 10.7. The molecule has 2 amide bonds. The Bertz CT molecular complexity index is 480. The van der Waals surface area contributed by atoms with Gasteiger partial charge in [-0.1, -0.05) is 6.92 Å². The number of amides is 2. The van der Waals surface area contributed by atoms with E-state index >= 15 is 0 Å². The van der Waals surface area contributed by atoms with Crippen LogP contribution in [0, 0.1) is 11.8 Å². The lowest BCUT2D eigenvalue weighted by molar-refractivity contribution is -0.122. The largest absolute Gasteiger partial charge is 0.354 e. The van der Waals surface area contributed by atoms with Crippen molar-refractivity contribution in [2.75, 3.05) is 6.54 Å². The Labute approximate surface area is 109 Å². The maximum Gasteiger partial charge on any atom is 0.255 e. The molecule has 0 spiro atoms. The Kier molecular flexibility index (Phi) is 5.35. The Morgan fingerprint density at radius 2 is 2.11 bits per heavy atom. The van der Waals surface area contributed by atoms with Crippen LogP contribution in [-0.2, 0) is 4.79 Å². The van der Waals surface area contributed by atoms with Gasteiger partial charge in [-0.05, 0) is 19.4 Å². The molecule has 0 aliphatic rings. The summed E-state index contributed by atoms with van der Waals surface area (Å²) in [5.41, 5.74) is -0.484. The van der Waals surface area contributed by atoms with E-state index in [2.05, 4.69) is 15.6 Å². The maximum absolute atomic E-state index is 13.3. The molecule has 2 N–H and O–H groups in total. The van der Waals surface area contributed by atoms with Crippen LogP contribution in [0.2, 0.25) is 0 Å². The molecule has 1 aromatic heterocycles. The molecule has 1 aromatic rings. The molecule has 1 heterocycles. The summed E-state index contributed by atoms with van der Waals surface area (Å²) in [5.74, 6) is -3.93. The minimum Gasteiger partial charge on any atom is -0.354 e. The van der Waals surface area contributed by atoms with Crippen LogP contribution < -0.4 is 10.6 Å². The van der Waals surface area contributed by atoms with Gasteiger partial charge in [0.1, 0.15) is 6.04 Å². The van der Waals surface area contributed by atoms with Gasteiger partial charge in [-0.3, -0.25) is 9.59 Å². The van der Waals surface area contributed by atoms with Crippen molar-refractivity contribution >= 4 is 11.8 Å².